The van der Waals surface area contributed by atoms with Gasteiger partial charge < -0.3 is 20.1 Å². The third-order valence-electron chi connectivity index (χ3n) is 2.96. The predicted octanol–water partition coefficient (Wildman–Crippen LogP) is 2.78. The van der Waals surface area contributed by atoms with Crippen molar-refractivity contribution in [1.82, 2.24) is 4.90 Å². The number of hydrogen-bond acceptors (Lipinski definition) is 3. The van der Waals surface area contributed by atoms with Crippen molar-refractivity contribution in [2.45, 2.75) is 20.0 Å². The summed E-state index contributed by atoms with van der Waals surface area (Å²) in [5.74, 6) is 0.0559. The highest BCUT2D eigenvalue weighted by Gasteiger charge is 2.28. The molecule has 124 valence electrons. The van der Waals surface area contributed by atoms with E-state index in [1.807, 2.05) is 0 Å². The van der Waals surface area contributed by atoms with Crippen LogP contribution in [0.1, 0.15) is 12.5 Å². The topological polar surface area (TPSA) is 61.8 Å². The summed E-state index contributed by atoms with van der Waals surface area (Å²) in [5, 5.41) is 11.5. The molecular formula is C14H19F3N2O3. The van der Waals surface area contributed by atoms with Gasteiger partial charge in [0.1, 0.15) is 5.75 Å². The monoisotopic (exact) mass is 320 g/mol. The molecule has 0 aliphatic carbocycles. The lowest BCUT2D eigenvalue weighted by Gasteiger charge is -2.21. The van der Waals surface area contributed by atoms with Crippen molar-refractivity contribution in [3.8, 4) is 5.75 Å². The Labute approximate surface area is 126 Å². The Hall–Kier alpha value is -1.96. The highest BCUT2D eigenvalue weighted by molar-refractivity contribution is 5.90. The standard InChI is InChI=1S/C14H19F3N2O3/c1-3-19(7-8-20)13(21)18-11-5-4-6-12(10(11)2)22-9-14(15,16)17/h4-6,20H,3,7-9H2,1-2H3,(H,18,21). The first kappa shape index (κ1) is 18.1. The number of ether oxygens (including phenoxy) is 1. The highest BCUT2D eigenvalue weighted by atomic mass is 19.4. The SMILES string of the molecule is CCN(CCO)C(=O)Nc1cccc(OCC(F)(F)F)c1C. The van der Waals surface area contributed by atoms with E-state index in [2.05, 4.69) is 5.32 Å². The molecule has 0 aliphatic rings. The highest BCUT2D eigenvalue weighted by Crippen LogP contribution is 2.27. The normalized spacial score (nSPS) is 11.2. The Morgan fingerprint density at radius 3 is 2.64 bits per heavy atom. The molecule has 1 rings (SSSR count). The largest absolute Gasteiger partial charge is 0.484 e. The number of amides is 2. The number of urea groups is 1. The minimum atomic E-state index is -4.42. The fourth-order valence-corrected chi connectivity index (χ4v) is 1.78. The van der Waals surface area contributed by atoms with Gasteiger partial charge in [-0.3, -0.25) is 0 Å². The molecule has 0 atom stereocenters. The van der Waals surface area contributed by atoms with E-state index in [1.165, 1.54) is 17.0 Å². The van der Waals surface area contributed by atoms with Crippen LogP contribution >= 0.6 is 0 Å². The number of benzene rings is 1. The molecular weight excluding hydrogens is 301 g/mol. The molecule has 0 saturated heterocycles. The average Bonchev–Trinajstić information content (AvgIpc) is 2.44. The minimum Gasteiger partial charge on any atom is -0.484 e. The number of aliphatic hydroxyl groups excluding tert-OH is 1. The Morgan fingerprint density at radius 2 is 2.09 bits per heavy atom. The molecule has 0 unspecified atom stereocenters. The van der Waals surface area contributed by atoms with Gasteiger partial charge in [0.25, 0.3) is 0 Å². The summed E-state index contributed by atoms with van der Waals surface area (Å²) >= 11 is 0. The van der Waals surface area contributed by atoms with Gasteiger partial charge in [-0.25, -0.2) is 4.79 Å². The summed E-state index contributed by atoms with van der Waals surface area (Å²) in [7, 11) is 0. The van der Waals surface area contributed by atoms with Gasteiger partial charge in [-0.15, -0.1) is 0 Å². The van der Waals surface area contributed by atoms with Crippen molar-refractivity contribution < 1.29 is 27.8 Å². The van der Waals surface area contributed by atoms with Crippen molar-refractivity contribution in [2.24, 2.45) is 0 Å². The van der Waals surface area contributed by atoms with Crippen molar-refractivity contribution in [2.75, 3.05) is 31.6 Å². The fourth-order valence-electron chi connectivity index (χ4n) is 1.78. The Kier molecular flexibility index (Phi) is 6.48. The van der Waals surface area contributed by atoms with Crippen LogP contribution in [0.2, 0.25) is 0 Å². The maximum atomic E-state index is 12.2. The van der Waals surface area contributed by atoms with E-state index >= 15 is 0 Å². The van der Waals surface area contributed by atoms with Crippen LogP contribution < -0.4 is 10.1 Å². The van der Waals surface area contributed by atoms with Gasteiger partial charge in [-0.05, 0) is 26.0 Å². The smallest absolute Gasteiger partial charge is 0.422 e. The summed E-state index contributed by atoms with van der Waals surface area (Å²) in [4.78, 5) is 13.4. The second kappa shape index (κ2) is 7.88. The number of rotatable bonds is 6. The lowest BCUT2D eigenvalue weighted by Crippen LogP contribution is -2.37. The second-order valence-electron chi connectivity index (χ2n) is 4.57. The van der Waals surface area contributed by atoms with Crippen molar-refractivity contribution >= 4 is 11.7 Å². The predicted molar refractivity (Wildman–Crippen MR) is 76.1 cm³/mol. The third-order valence-corrected chi connectivity index (χ3v) is 2.96. The first-order valence-corrected chi connectivity index (χ1v) is 6.74. The van der Waals surface area contributed by atoms with Gasteiger partial charge in [0.15, 0.2) is 6.61 Å². The molecule has 0 aliphatic heterocycles. The van der Waals surface area contributed by atoms with Gasteiger partial charge in [-0.1, -0.05) is 6.07 Å². The van der Waals surface area contributed by atoms with E-state index in [-0.39, 0.29) is 18.9 Å². The van der Waals surface area contributed by atoms with Gasteiger partial charge >= 0.3 is 12.2 Å². The quantitative estimate of drug-likeness (QED) is 0.847. The van der Waals surface area contributed by atoms with Crippen molar-refractivity contribution in [1.29, 1.82) is 0 Å². The fraction of sp³-hybridized carbons (Fsp3) is 0.500. The number of anilines is 1. The lowest BCUT2D eigenvalue weighted by atomic mass is 10.2. The summed E-state index contributed by atoms with van der Waals surface area (Å²) in [5.41, 5.74) is 0.765. The summed E-state index contributed by atoms with van der Waals surface area (Å²) in [6.45, 7) is 2.32. The Bertz CT molecular complexity index is 507. The van der Waals surface area contributed by atoms with Gasteiger partial charge in [-0.2, -0.15) is 13.2 Å². The average molecular weight is 320 g/mol. The molecule has 0 aromatic heterocycles. The van der Waals surface area contributed by atoms with Gasteiger partial charge in [0, 0.05) is 24.3 Å². The number of carbonyl (C=O) groups is 1. The van der Waals surface area contributed by atoms with E-state index in [1.54, 1.807) is 19.9 Å². The molecule has 0 heterocycles. The van der Waals surface area contributed by atoms with E-state index in [0.717, 1.165) is 0 Å². The first-order chi connectivity index (χ1) is 10.3. The first-order valence-electron chi connectivity index (χ1n) is 6.74. The molecule has 0 radical (unpaired) electrons. The second-order valence-corrected chi connectivity index (χ2v) is 4.57. The molecule has 1 aromatic carbocycles. The number of nitrogens with zero attached hydrogens (tertiary/aromatic N) is 1. The Morgan fingerprint density at radius 1 is 1.41 bits per heavy atom. The molecule has 5 nitrogen and oxygen atoms in total. The zero-order chi connectivity index (χ0) is 16.8. The van der Waals surface area contributed by atoms with E-state index < -0.39 is 18.8 Å². The molecule has 0 fully saturated rings. The van der Waals surface area contributed by atoms with Gasteiger partial charge in [0.2, 0.25) is 0 Å². The maximum absolute atomic E-state index is 12.2. The Balaban J connectivity index is 2.81. The minimum absolute atomic E-state index is 0.0559. The van der Waals surface area contributed by atoms with Crippen LogP contribution in [0.4, 0.5) is 23.7 Å². The summed E-state index contributed by atoms with van der Waals surface area (Å²) in [6.07, 6.45) is -4.42. The van der Waals surface area contributed by atoms with Gasteiger partial charge in [0.05, 0.1) is 6.61 Å². The summed E-state index contributed by atoms with van der Waals surface area (Å²) in [6, 6.07) is 4.03. The number of likely N-dealkylation sites (N-methyl/N-ethyl adjacent to an activating group) is 1. The molecule has 2 N–H and O–H groups in total. The van der Waals surface area contributed by atoms with Crippen LogP contribution in [0.25, 0.3) is 0 Å². The zero-order valence-electron chi connectivity index (χ0n) is 12.4. The number of alkyl halides is 3. The van der Waals surface area contributed by atoms with Crippen molar-refractivity contribution in [3.05, 3.63) is 23.8 Å². The van der Waals surface area contributed by atoms with E-state index in [0.29, 0.717) is 17.8 Å². The van der Waals surface area contributed by atoms with Crippen LogP contribution in [-0.2, 0) is 0 Å². The van der Waals surface area contributed by atoms with Crippen LogP contribution in [0.5, 0.6) is 5.75 Å². The van der Waals surface area contributed by atoms with Crippen molar-refractivity contribution in [3.63, 3.8) is 0 Å². The van der Waals surface area contributed by atoms with Crippen LogP contribution in [0.15, 0.2) is 18.2 Å². The third kappa shape index (κ3) is 5.44. The van der Waals surface area contributed by atoms with Crippen LogP contribution in [0, 0.1) is 6.92 Å². The molecule has 0 bridgehead atoms. The molecule has 0 saturated carbocycles. The number of hydrogen-bond donors (Lipinski definition) is 2. The molecule has 22 heavy (non-hydrogen) atoms. The maximum Gasteiger partial charge on any atom is 0.422 e. The molecule has 8 heteroatoms. The van der Waals surface area contributed by atoms with Crippen LogP contribution in [0.3, 0.4) is 0 Å². The summed E-state index contributed by atoms with van der Waals surface area (Å²) < 4.78 is 41.3. The number of carbonyl (C=O) groups excluding carboxylic acids is 1. The molecule has 2 amide bonds. The molecule has 0 spiro atoms. The van der Waals surface area contributed by atoms with Crippen LogP contribution in [-0.4, -0.2) is 48.5 Å². The lowest BCUT2D eigenvalue weighted by molar-refractivity contribution is -0.153. The number of halogens is 3. The number of aliphatic hydroxyl groups is 1. The molecule has 1 aromatic rings. The number of nitrogens with one attached hydrogen (secondary N) is 1. The van der Waals surface area contributed by atoms with E-state index in [4.69, 9.17) is 9.84 Å². The van der Waals surface area contributed by atoms with E-state index in [9.17, 15) is 18.0 Å². The zero-order valence-corrected chi connectivity index (χ0v) is 12.4.